The van der Waals surface area contributed by atoms with Crippen molar-refractivity contribution in [3.05, 3.63) is 18.3 Å². The van der Waals surface area contributed by atoms with Crippen LogP contribution in [0.15, 0.2) is 18.3 Å². The molecule has 0 atom stereocenters. The van der Waals surface area contributed by atoms with Gasteiger partial charge in [0.15, 0.2) is 11.6 Å². The molecule has 0 aliphatic heterocycles. The lowest BCUT2D eigenvalue weighted by molar-refractivity contribution is 0.269. The predicted molar refractivity (Wildman–Crippen MR) is 70.0 cm³/mol. The summed E-state index contributed by atoms with van der Waals surface area (Å²) < 4.78 is 5.64. The highest BCUT2D eigenvalue weighted by Gasteiger charge is 2.12. The van der Waals surface area contributed by atoms with E-state index in [1.54, 1.807) is 6.20 Å². The van der Waals surface area contributed by atoms with Gasteiger partial charge in [0.05, 0.1) is 6.61 Å². The summed E-state index contributed by atoms with van der Waals surface area (Å²) in [4.78, 5) is 4.00. The molecule has 1 saturated carbocycles. The molecule has 0 saturated heterocycles. The van der Waals surface area contributed by atoms with E-state index in [1.165, 1.54) is 38.5 Å². The Morgan fingerprint density at radius 3 is 2.88 bits per heavy atom. The van der Waals surface area contributed by atoms with Crippen LogP contribution in [0.3, 0.4) is 0 Å². The van der Waals surface area contributed by atoms with Crippen molar-refractivity contribution >= 4 is 5.82 Å². The second-order valence-corrected chi connectivity index (χ2v) is 4.88. The lowest BCUT2D eigenvalue weighted by Crippen LogP contribution is -2.08. The summed E-state index contributed by atoms with van der Waals surface area (Å²) in [7, 11) is 0. The average molecular weight is 234 g/mol. The van der Waals surface area contributed by atoms with E-state index < -0.39 is 0 Å². The minimum atomic E-state index is 0.491. The first-order valence-electron chi connectivity index (χ1n) is 6.69. The van der Waals surface area contributed by atoms with Crippen LogP contribution >= 0.6 is 0 Å². The Bertz CT molecular complexity index is 335. The Kier molecular flexibility index (Phi) is 4.65. The highest BCUT2D eigenvalue weighted by atomic mass is 16.5. The first-order chi connectivity index (χ1) is 8.36. The van der Waals surface area contributed by atoms with E-state index in [4.69, 9.17) is 10.5 Å². The number of hydrogen-bond donors (Lipinski definition) is 1. The first-order valence-corrected chi connectivity index (χ1v) is 6.69. The van der Waals surface area contributed by atoms with Gasteiger partial charge < -0.3 is 10.5 Å². The number of rotatable bonds is 5. The van der Waals surface area contributed by atoms with E-state index in [2.05, 4.69) is 4.98 Å². The zero-order valence-electron chi connectivity index (χ0n) is 10.4. The normalized spacial score (nSPS) is 16.9. The topological polar surface area (TPSA) is 48.1 Å². The van der Waals surface area contributed by atoms with E-state index >= 15 is 0 Å². The molecule has 1 aliphatic rings. The van der Waals surface area contributed by atoms with E-state index in [9.17, 15) is 0 Å². The summed E-state index contributed by atoms with van der Waals surface area (Å²) in [6.07, 6.45) is 11.2. The Morgan fingerprint density at radius 1 is 1.29 bits per heavy atom. The fraction of sp³-hybridized carbons (Fsp3) is 0.643. The van der Waals surface area contributed by atoms with E-state index in [0.29, 0.717) is 5.82 Å². The second kappa shape index (κ2) is 6.48. The van der Waals surface area contributed by atoms with Gasteiger partial charge in [0.1, 0.15) is 0 Å². The van der Waals surface area contributed by atoms with Crippen LogP contribution in [0.4, 0.5) is 5.82 Å². The molecule has 0 radical (unpaired) electrons. The van der Waals surface area contributed by atoms with E-state index in [1.807, 2.05) is 12.1 Å². The van der Waals surface area contributed by atoms with Gasteiger partial charge in [-0.1, -0.05) is 32.1 Å². The maximum absolute atomic E-state index is 5.71. The highest BCUT2D eigenvalue weighted by molar-refractivity contribution is 5.44. The molecule has 2 rings (SSSR count). The van der Waals surface area contributed by atoms with Gasteiger partial charge in [-0.2, -0.15) is 0 Å². The monoisotopic (exact) mass is 234 g/mol. The molecule has 0 aromatic carbocycles. The SMILES string of the molecule is Nc1ncccc1OCCCC1CCCCC1. The minimum Gasteiger partial charge on any atom is -0.490 e. The molecular weight excluding hydrogens is 212 g/mol. The van der Waals surface area contributed by atoms with Crippen molar-refractivity contribution in [3.63, 3.8) is 0 Å². The van der Waals surface area contributed by atoms with Crippen LogP contribution in [0.5, 0.6) is 5.75 Å². The van der Waals surface area contributed by atoms with Crippen molar-refractivity contribution in [1.29, 1.82) is 0 Å². The molecule has 1 aromatic heterocycles. The molecule has 1 aromatic rings. The van der Waals surface area contributed by atoms with Crippen LogP contribution < -0.4 is 10.5 Å². The number of pyridine rings is 1. The number of hydrogen-bond acceptors (Lipinski definition) is 3. The number of nitrogens with two attached hydrogens (primary N) is 1. The number of ether oxygens (including phenoxy) is 1. The number of nitrogens with zero attached hydrogens (tertiary/aromatic N) is 1. The fourth-order valence-electron chi connectivity index (χ4n) is 2.55. The summed E-state index contributed by atoms with van der Waals surface area (Å²) in [6.45, 7) is 0.756. The molecule has 1 heterocycles. The van der Waals surface area contributed by atoms with Crippen LogP contribution in [-0.2, 0) is 0 Å². The molecule has 0 unspecified atom stereocenters. The summed E-state index contributed by atoms with van der Waals surface area (Å²) in [5.74, 6) is 2.14. The fourth-order valence-corrected chi connectivity index (χ4v) is 2.55. The number of nitrogen functional groups attached to an aromatic ring is 1. The summed E-state index contributed by atoms with van der Waals surface area (Å²) >= 11 is 0. The Hall–Kier alpha value is -1.25. The molecule has 1 aliphatic carbocycles. The molecular formula is C14H22N2O. The molecule has 94 valence electrons. The Balaban J connectivity index is 1.64. The predicted octanol–water partition coefficient (Wildman–Crippen LogP) is 3.40. The summed E-state index contributed by atoms with van der Waals surface area (Å²) in [6, 6.07) is 3.73. The summed E-state index contributed by atoms with van der Waals surface area (Å²) in [5, 5.41) is 0. The summed E-state index contributed by atoms with van der Waals surface area (Å²) in [5.41, 5.74) is 5.71. The smallest absolute Gasteiger partial charge is 0.166 e. The molecule has 0 bridgehead atoms. The van der Waals surface area contributed by atoms with Gasteiger partial charge in [0.2, 0.25) is 0 Å². The molecule has 0 amide bonds. The van der Waals surface area contributed by atoms with Crippen molar-refractivity contribution in [2.45, 2.75) is 44.9 Å². The third-order valence-corrected chi connectivity index (χ3v) is 3.54. The largest absolute Gasteiger partial charge is 0.490 e. The molecule has 2 N–H and O–H groups in total. The van der Waals surface area contributed by atoms with Crippen molar-refractivity contribution in [1.82, 2.24) is 4.98 Å². The standard InChI is InChI=1S/C14H22N2O/c15-14-13(9-4-10-16-14)17-11-5-8-12-6-2-1-3-7-12/h4,9-10,12H,1-3,5-8,11H2,(H2,15,16). The number of anilines is 1. The lowest BCUT2D eigenvalue weighted by Gasteiger charge is -2.21. The van der Waals surface area contributed by atoms with Gasteiger partial charge >= 0.3 is 0 Å². The van der Waals surface area contributed by atoms with Gasteiger partial charge in [0, 0.05) is 6.20 Å². The average Bonchev–Trinajstić information content (AvgIpc) is 2.38. The molecule has 1 fully saturated rings. The Labute approximate surface area is 103 Å². The van der Waals surface area contributed by atoms with E-state index in [-0.39, 0.29) is 0 Å². The van der Waals surface area contributed by atoms with Crippen LogP contribution in [0.2, 0.25) is 0 Å². The van der Waals surface area contributed by atoms with Gasteiger partial charge in [0.25, 0.3) is 0 Å². The maximum atomic E-state index is 5.71. The van der Waals surface area contributed by atoms with Gasteiger partial charge in [-0.05, 0) is 30.9 Å². The minimum absolute atomic E-state index is 0.491. The zero-order chi connectivity index (χ0) is 11.9. The Morgan fingerprint density at radius 2 is 2.12 bits per heavy atom. The van der Waals surface area contributed by atoms with Gasteiger partial charge in [-0.25, -0.2) is 4.98 Å². The van der Waals surface area contributed by atoms with Crippen molar-refractivity contribution in [3.8, 4) is 5.75 Å². The molecule has 3 heteroatoms. The van der Waals surface area contributed by atoms with Crippen molar-refractivity contribution in [2.24, 2.45) is 5.92 Å². The maximum Gasteiger partial charge on any atom is 0.166 e. The van der Waals surface area contributed by atoms with Crippen LogP contribution in [-0.4, -0.2) is 11.6 Å². The van der Waals surface area contributed by atoms with Crippen molar-refractivity contribution in [2.75, 3.05) is 12.3 Å². The number of aromatic nitrogens is 1. The van der Waals surface area contributed by atoms with Crippen LogP contribution in [0, 0.1) is 5.92 Å². The van der Waals surface area contributed by atoms with Crippen LogP contribution in [0.25, 0.3) is 0 Å². The van der Waals surface area contributed by atoms with E-state index in [0.717, 1.165) is 24.7 Å². The lowest BCUT2D eigenvalue weighted by atomic mass is 9.86. The zero-order valence-corrected chi connectivity index (χ0v) is 10.4. The highest BCUT2D eigenvalue weighted by Crippen LogP contribution is 2.27. The molecule has 0 spiro atoms. The third kappa shape index (κ3) is 3.91. The molecule has 3 nitrogen and oxygen atoms in total. The van der Waals surface area contributed by atoms with Gasteiger partial charge in [-0.3, -0.25) is 0 Å². The van der Waals surface area contributed by atoms with Crippen LogP contribution in [0.1, 0.15) is 44.9 Å². The molecule has 17 heavy (non-hydrogen) atoms. The first kappa shape index (κ1) is 12.2. The van der Waals surface area contributed by atoms with Crippen molar-refractivity contribution < 1.29 is 4.74 Å². The quantitative estimate of drug-likeness (QED) is 0.794. The van der Waals surface area contributed by atoms with Gasteiger partial charge in [-0.15, -0.1) is 0 Å². The third-order valence-electron chi connectivity index (χ3n) is 3.54. The second-order valence-electron chi connectivity index (χ2n) is 4.88.